The molecule has 0 bridgehead atoms. The summed E-state index contributed by atoms with van der Waals surface area (Å²) in [6.07, 6.45) is 4.94. The van der Waals surface area contributed by atoms with Crippen molar-refractivity contribution in [3.8, 4) is 0 Å². The van der Waals surface area contributed by atoms with Crippen molar-refractivity contribution in [2.75, 3.05) is 18.0 Å². The van der Waals surface area contributed by atoms with Gasteiger partial charge in [0.1, 0.15) is 12.7 Å². The first-order valence-electron chi connectivity index (χ1n) is 7.24. The van der Waals surface area contributed by atoms with E-state index in [2.05, 4.69) is 15.5 Å². The van der Waals surface area contributed by atoms with E-state index in [1.165, 1.54) is 5.82 Å². The Morgan fingerprint density at radius 1 is 1.27 bits per heavy atom. The summed E-state index contributed by atoms with van der Waals surface area (Å²) in [5.74, 6) is 1.17. The Bertz CT molecular complexity index is 717. The highest BCUT2D eigenvalue weighted by Gasteiger charge is 2.24. The maximum absolute atomic E-state index is 11.9. The van der Waals surface area contributed by atoms with Crippen LogP contribution in [0, 0.1) is 6.92 Å². The van der Waals surface area contributed by atoms with Gasteiger partial charge in [0.25, 0.3) is 11.4 Å². The molecular weight excluding hydrogens is 366 g/mol. The molecule has 0 aromatic carbocycles. The highest BCUT2D eigenvalue weighted by atomic mass is 79.9. The minimum absolute atomic E-state index is 0. The quantitative estimate of drug-likeness (QED) is 0.636. The van der Waals surface area contributed by atoms with Crippen LogP contribution in [0.15, 0.2) is 41.5 Å². The average Bonchev–Trinajstić information content (AvgIpc) is 2.46. The molecule has 118 valence electrons. The van der Waals surface area contributed by atoms with Gasteiger partial charge in [0.05, 0.1) is 24.7 Å². The molecule has 0 spiro atoms. The van der Waals surface area contributed by atoms with E-state index in [0.29, 0.717) is 6.54 Å². The van der Waals surface area contributed by atoms with Crippen LogP contribution < -0.4 is 32.0 Å². The van der Waals surface area contributed by atoms with Crippen LogP contribution in [-0.2, 0) is 13.1 Å². The Labute approximate surface area is 145 Å². The van der Waals surface area contributed by atoms with E-state index in [4.69, 9.17) is 11.6 Å². The second kappa shape index (κ2) is 7.29. The molecule has 1 aliphatic heterocycles. The fourth-order valence-electron chi connectivity index (χ4n) is 2.77. The van der Waals surface area contributed by atoms with Crippen molar-refractivity contribution in [2.24, 2.45) is 0 Å². The van der Waals surface area contributed by atoms with Crippen molar-refractivity contribution in [2.45, 2.75) is 26.4 Å². The SMILES string of the molecule is Cc1ccn(CCN2CCC[n+]3cc(Cl)ccc32)c(=O)c1.[Br-]. The van der Waals surface area contributed by atoms with Gasteiger partial charge in [-0.2, -0.15) is 0 Å². The molecule has 0 saturated carbocycles. The van der Waals surface area contributed by atoms with Crippen molar-refractivity contribution in [3.63, 3.8) is 0 Å². The molecule has 0 amide bonds. The number of fused-ring (bicyclic) bond motifs is 1. The summed E-state index contributed by atoms with van der Waals surface area (Å²) in [7, 11) is 0. The Morgan fingerprint density at radius 3 is 2.86 bits per heavy atom. The van der Waals surface area contributed by atoms with E-state index in [1.54, 1.807) is 10.6 Å². The van der Waals surface area contributed by atoms with Gasteiger partial charge >= 0.3 is 0 Å². The first-order chi connectivity index (χ1) is 10.1. The number of halogens is 2. The smallest absolute Gasteiger partial charge is 0.276 e. The number of rotatable bonds is 3. The average molecular weight is 385 g/mol. The van der Waals surface area contributed by atoms with Crippen LogP contribution in [-0.4, -0.2) is 17.7 Å². The molecule has 0 atom stereocenters. The van der Waals surface area contributed by atoms with E-state index in [1.807, 2.05) is 31.5 Å². The molecule has 0 N–H and O–H groups in total. The molecule has 22 heavy (non-hydrogen) atoms. The van der Waals surface area contributed by atoms with Crippen LogP contribution in [0.1, 0.15) is 12.0 Å². The molecule has 0 radical (unpaired) electrons. The largest absolute Gasteiger partial charge is 1.00 e. The predicted molar refractivity (Wildman–Crippen MR) is 83.9 cm³/mol. The minimum Gasteiger partial charge on any atom is -1.00 e. The molecule has 3 rings (SSSR count). The van der Waals surface area contributed by atoms with Crippen LogP contribution in [0.4, 0.5) is 5.82 Å². The van der Waals surface area contributed by atoms with Gasteiger partial charge < -0.3 is 21.5 Å². The van der Waals surface area contributed by atoms with E-state index >= 15 is 0 Å². The van der Waals surface area contributed by atoms with E-state index in [9.17, 15) is 4.79 Å². The molecule has 1 aliphatic rings. The molecular formula is C16H19BrClN3O. The highest BCUT2D eigenvalue weighted by molar-refractivity contribution is 6.30. The number of pyridine rings is 2. The topological polar surface area (TPSA) is 29.1 Å². The molecule has 0 unspecified atom stereocenters. The fourth-order valence-corrected chi connectivity index (χ4v) is 2.95. The lowest BCUT2D eigenvalue weighted by Crippen LogP contribution is -3.00. The Kier molecular flexibility index (Phi) is 5.64. The molecule has 0 saturated heterocycles. The van der Waals surface area contributed by atoms with Crippen molar-refractivity contribution < 1.29 is 21.5 Å². The number of aromatic nitrogens is 2. The second-order valence-corrected chi connectivity index (χ2v) is 5.91. The zero-order valence-electron chi connectivity index (χ0n) is 12.5. The van der Waals surface area contributed by atoms with Crippen LogP contribution in [0.3, 0.4) is 0 Å². The van der Waals surface area contributed by atoms with E-state index < -0.39 is 0 Å². The van der Waals surface area contributed by atoms with Gasteiger partial charge in [-0.25, -0.2) is 4.57 Å². The number of anilines is 1. The lowest BCUT2D eigenvalue weighted by molar-refractivity contribution is -0.688. The Morgan fingerprint density at radius 2 is 2.09 bits per heavy atom. The number of nitrogens with zero attached hydrogens (tertiary/aromatic N) is 3. The molecule has 4 nitrogen and oxygen atoms in total. The fraction of sp³-hybridized carbons (Fsp3) is 0.375. The lowest BCUT2D eigenvalue weighted by Gasteiger charge is -2.24. The molecule has 2 aromatic rings. The van der Waals surface area contributed by atoms with Gasteiger partial charge in [-0.3, -0.25) is 9.69 Å². The Hall–Kier alpha value is -1.33. The van der Waals surface area contributed by atoms with Gasteiger partial charge in [0.2, 0.25) is 0 Å². The number of hydrogen-bond acceptors (Lipinski definition) is 2. The van der Waals surface area contributed by atoms with Gasteiger partial charge in [-0.05, 0) is 24.6 Å². The van der Waals surface area contributed by atoms with Crippen molar-refractivity contribution in [3.05, 3.63) is 57.6 Å². The summed E-state index contributed by atoms with van der Waals surface area (Å²) < 4.78 is 3.95. The molecule has 3 heterocycles. The van der Waals surface area contributed by atoms with Crippen molar-refractivity contribution in [1.82, 2.24) is 4.57 Å². The highest BCUT2D eigenvalue weighted by Crippen LogP contribution is 2.16. The maximum atomic E-state index is 11.9. The zero-order valence-corrected chi connectivity index (χ0v) is 14.8. The van der Waals surface area contributed by atoms with Gasteiger partial charge in [0.15, 0.2) is 0 Å². The third-order valence-electron chi connectivity index (χ3n) is 3.88. The standard InChI is InChI=1S/C16H19ClN3O.BrH/c1-13-5-8-19(16(21)11-13)10-9-18-6-2-7-20-12-14(17)3-4-15(18)20;/h3-5,8,11-12H,2,6-7,9-10H2,1H3;1H/q+1;/p-1. The summed E-state index contributed by atoms with van der Waals surface area (Å²) in [4.78, 5) is 14.2. The second-order valence-electron chi connectivity index (χ2n) is 5.48. The summed E-state index contributed by atoms with van der Waals surface area (Å²) >= 11 is 6.05. The van der Waals surface area contributed by atoms with Crippen molar-refractivity contribution >= 4 is 17.4 Å². The zero-order chi connectivity index (χ0) is 14.8. The minimum atomic E-state index is 0. The Balaban J connectivity index is 0.00000176. The van der Waals surface area contributed by atoms with Crippen LogP contribution in [0.5, 0.6) is 0 Å². The first-order valence-corrected chi connectivity index (χ1v) is 7.62. The molecule has 0 fully saturated rings. The predicted octanol–water partition coefficient (Wildman–Crippen LogP) is -0.988. The van der Waals surface area contributed by atoms with E-state index in [0.717, 1.165) is 36.6 Å². The van der Waals surface area contributed by atoms with Gasteiger partial charge in [0, 0.05) is 24.8 Å². The first kappa shape index (κ1) is 17.0. The summed E-state index contributed by atoms with van der Waals surface area (Å²) in [6, 6.07) is 7.63. The third kappa shape index (κ3) is 3.70. The summed E-state index contributed by atoms with van der Waals surface area (Å²) in [6.45, 7) is 5.47. The van der Waals surface area contributed by atoms with Gasteiger partial charge in [-0.1, -0.05) is 11.6 Å². The molecule has 0 aliphatic carbocycles. The van der Waals surface area contributed by atoms with Crippen LogP contribution in [0.2, 0.25) is 5.02 Å². The third-order valence-corrected chi connectivity index (χ3v) is 4.10. The molecule has 2 aromatic heterocycles. The summed E-state index contributed by atoms with van der Waals surface area (Å²) in [5, 5.41) is 0.760. The molecule has 6 heteroatoms. The van der Waals surface area contributed by atoms with Crippen LogP contribution in [0.25, 0.3) is 0 Å². The van der Waals surface area contributed by atoms with Crippen LogP contribution >= 0.6 is 11.6 Å². The van der Waals surface area contributed by atoms with E-state index in [-0.39, 0.29) is 22.5 Å². The maximum Gasteiger partial charge on any atom is 0.276 e. The van der Waals surface area contributed by atoms with Gasteiger partial charge in [-0.15, -0.1) is 0 Å². The van der Waals surface area contributed by atoms with Crippen molar-refractivity contribution in [1.29, 1.82) is 0 Å². The monoisotopic (exact) mass is 383 g/mol. The lowest BCUT2D eigenvalue weighted by atomic mass is 10.2. The number of aryl methyl sites for hydroxylation is 2. The summed E-state index contributed by atoms with van der Waals surface area (Å²) in [5.41, 5.74) is 1.07. The number of hydrogen-bond donors (Lipinski definition) is 0. The normalized spacial score (nSPS) is 13.5.